The van der Waals surface area contributed by atoms with Crippen LogP contribution in [-0.4, -0.2) is 10.2 Å². The fraction of sp³-hybridized carbons (Fsp3) is 0.333. The van der Waals surface area contributed by atoms with E-state index in [1.54, 1.807) is 6.20 Å². The molecule has 0 saturated carbocycles. The minimum atomic E-state index is 0.145. The predicted octanol–water partition coefficient (Wildman–Crippen LogP) is 2.51. The summed E-state index contributed by atoms with van der Waals surface area (Å²) in [5.74, 6) is 0.493. The standard InChI is InChI=1S/C12H15N3/c1-12(2,3)9-4-5-10-8(6-9)7-14-15-11(10)13/h4-7H,1-3H3,(H2,13,15). The van der Waals surface area contributed by atoms with E-state index in [1.165, 1.54) is 5.56 Å². The van der Waals surface area contributed by atoms with E-state index in [4.69, 9.17) is 5.73 Å². The predicted molar refractivity (Wildman–Crippen MR) is 62.7 cm³/mol. The average Bonchev–Trinajstić information content (AvgIpc) is 2.16. The lowest BCUT2D eigenvalue weighted by atomic mass is 9.86. The first kappa shape index (κ1) is 9.90. The third-order valence-electron chi connectivity index (χ3n) is 2.56. The van der Waals surface area contributed by atoms with Crippen molar-refractivity contribution in [2.24, 2.45) is 0 Å². The van der Waals surface area contributed by atoms with Crippen molar-refractivity contribution in [2.45, 2.75) is 26.2 Å². The fourth-order valence-electron chi connectivity index (χ4n) is 1.58. The van der Waals surface area contributed by atoms with E-state index in [0.29, 0.717) is 5.82 Å². The summed E-state index contributed by atoms with van der Waals surface area (Å²) in [7, 11) is 0. The van der Waals surface area contributed by atoms with Crippen molar-refractivity contribution in [1.82, 2.24) is 10.2 Å². The molecule has 0 unspecified atom stereocenters. The molecule has 1 heterocycles. The van der Waals surface area contributed by atoms with Gasteiger partial charge in [-0.25, -0.2) is 0 Å². The van der Waals surface area contributed by atoms with Gasteiger partial charge in [-0.3, -0.25) is 0 Å². The molecule has 2 rings (SSSR count). The molecule has 0 atom stereocenters. The smallest absolute Gasteiger partial charge is 0.153 e. The van der Waals surface area contributed by atoms with Crippen molar-refractivity contribution in [3.05, 3.63) is 30.0 Å². The van der Waals surface area contributed by atoms with Crippen LogP contribution in [0.2, 0.25) is 0 Å². The topological polar surface area (TPSA) is 51.8 Å². The second-order valence-electron chi connectivity index (χ2n) is 4.78. The average molecular weight is 201 g/mol. The number of hydrogen-bond acceptors (Lipinski definition) is 3. The van der Waals surface area contributed by atoms with Crippen molar-refractivity contribution >= 4 is 16.6 Å². The van der Waals surface area contributed by atoms with Crippen LogP contribution in [0, 0.1) is 0 Å². The first-order valence-corrected chi connectivity index (χ1v) is 5.00. The highest BCUT2D eigenvalue weighted by Gasteiger charge is 2.14. The molecular formula is C12H15N3. The number of benzene rings is 1. The second-order valence-corrected chi connectivity index (χ2v) is 4.78. The van der Waals surface area contributed by atoms with Crippen LogP contribution >= 0.6 is 0 Å². The summed E-state index contributed by atoms with van der Waals surface area (Å²) in [5.41, 5.74) is 7.17. The monoisotopic (exact) mass is 201 g/mol. The fourth-order valence-corrected chi connectivity index (χ4v) is 1.58. The number of anilines is 1. The van der Waals surface area contributed by atoms with Crippen molar-refractivity contribution < 1.29 is 0 Å². The van der Waals surface area contributed by atoms with Crippen LogP contribution in [0.3, 0.4) is 0 Å². The highest BCUT2D eigenvalue weighted by atomic mass is 15.1. The number of nitrogens with zero attached hydrogens (tertiary/aromatic N) is 2. The van der Waals surface area contributed by atoms with Gasteiger partial charge in [0.25, 0.3) is 0 Å². The van der Waals surface area contributed by atoms with Gasteiger partial charge in [0.15, 0.2) is 5.82 Å². The Kier molecular flexibility index (Phi) is 2.11. The Labute approximate surface area is 89.3 Å². The molecule has 0 radical (unpaired) electrons. The summed E-state index contributed by atoms with van der Waals surface area (Å²) in [6.07, 6.45) is 1.75. The maximum atomic E-state index is 5.74. The van der Waals surface area contributed by atoms with Gasteiger partial charge in [0.2, 0.25) is 0 Å². The van der Waals surface area contributed by atoms with E-state index in [0.717, 1.165) is 10.8 Å². The molecule has 1 aromatic heterocycles. The van der Waals surface area contributed by atoms with E-state index < -0.39 is 0 Å². The lowest BCUT2D eigenvalue weighted by Gasteiger charge is -2.19. The Morgan fingerprint density at radius 2 is 1.93 bits per heavy atom. The maximum absolute atomic E-state index is 5.74. The van der Waals surface area contributed by atoms with Crippen LogP contribution < -0.4 is 5.73 Å². The largest absolute Gasteiger partial charge is 0.382 e. The maximum Gasteiger partial charge on any atom is 0.153 e. The molecule has 2 aromatic rings. The second kappa shape index (κ2) is 3.19. The molecule has 0 aliphatic rings. The zero-order chi connectivity index (χ0) is 11.1. The minimum Gasteiger partial charge on any atom is -0.382 e. The summed E-state index contributed by atoms with van der Waals surface area (Å²) in [6.45, 7) is 6.56. The Morgan fingerprint density at radius 1 is 1.20 bits per heavy atom. The molecule has 3 nitrogen and oxygen atoms in total. The normalized spacial score (nSPS) is 11.9. The van der Waals surface area contributed by atoms with Gasteiger partial charge in [-0.15, -0.1) is 5.10 Å². The van der Waals surface area contributed by atoms with Crippen molar-refractivity contribution in [3.63, 3.8) is 0 Å². The minimum absolute atomic E-state index is 0.145. The lowest BCUT2D eigenvalue weighted by molar-refractivity contribution is 0.591. The molecule has 0 bridgehead atoms. The van der Waals surface area contributed by atoms with Gasteiger partial charge in [-0.05, 0) is 17.0 Å². The molecule has 0 spiro atoms. The highest BCUT2D eigenvalue weighted by Crippen LogP contribution is 2.26. The molecule has 3 heteroatoms. The van der Waals surface area contributed by atoms with Gasteiger partial charge >= 0.3 is 0 Å². The molecule has 0 aliphatic heterocycles. The molecule has 78 valence electrons. The van der Waals surface area contributed by atoms with Crippen molar-refractivity contribution in [1.29, 1.82) is 0 Å². The molecule has 2 N–H and O–H groups in total. The summed E-state index contributed by atoms with van der Waals surface area (Å²) in [4.78, 5) is 0. The van der Waals surface area contributed by atoms with Gasteiger partial charge in [0.1, 0.15) is 0 Å². The van der Waals surface area contributed by atoms with E-state index >= 15 is 0 Å². The van der Waals surface area contributed by atoms with Gasteiger partial charge in [-0.1, -0.05) is 32.9 Å². The van der Waals surface area contributed by atoms with Gasteiger partial charge in [-0.2, -0.15) is 5.10 Å². The lowest BCUT2D eigenvalue weighted by Crippen LogP contribution is -2.10. The summed E-state index contributed by atoms with van der Waals surface area (Å²) >= 11 is 0. The summed E-state index contributed by atoms with van der Waals surface area (Å²) in [6, 6.07) is 6.24. The van der Waals surface area contributed by atoms with Crippen LogP contribution in [0.4, 0.5) is 5.82 Å². The number of nitrogens with two attached hydrogens (primary N) is 1. The Morgan fingerprint density at radius 3 is 2.60 bits per heavy atom. The molecule has 0 aliphatic carbocycles. The van der Waals surface area contributed by atoms with Crippen molar-refractivity contribution in [3.8, 4) is 0 Å². The van der Waals surface area contributed by atoms with E-state index in [1.807, 2.05) is 6.07 Å². The molecule has 0 amide bonds. The zero-order valence-electron chi connectivity index (χ0n) is 9.28. The molecule has 15 heavy (non-hydrogen) atoms. The number of hydrogen-bond donors (Lipinski definition) is 1. The SMILES string of the molecule is CC(C)(C)c1ccc2c(N)nncc2c1. The van der Waals surface area contributed by atoms with E-state index in [9.17, 15) is 0 Å². The quantitative estimate of drug-likeness (QED) is 0.712. The van der Waals surface area contributed by atoms with Gasteiger partial charge in [0, 0.05) is 10.8 Å². The molecule has 1 aromatic carbocycles. The first-order chi connectivity index (χ1) is 6.98. The van der Waals surface area contributed by atoms with Gasteiger partial charge in [0.05, 0.1) is 6.20 Å². The number of rotatable bonds is 0. The highest BCUT2D eigenvalue weighted by molar-refractivity contribution is 5.90. The number of fused-ring (bicyclic) bond motifs is 1. The van der Waals surface area contributed by atoms with Crippen LogP contribution in [0.5, 0.6) is 0 Å². The van der Waals surface area contributed by atoms with Crippen LogP contribution in [0.15, 0.2) is 24.4 Å². The summed E-state index contributed by atoms with van der Waals surface area (Å²) < 4.78 is 0. The van der Waals surface area contributed by atoms with Gasteiger partial charge < -0.3 is 5.73 Å². The molecular weight excluding hydrogens is 186 g/mol. The van der Waals surface area contributed by atoms with Crippen LogP contribution in [0.25, 0.3) is 10.8 Å². The van der Waals surface area contributed by atoms with Crippen LogP contribution in [0.1, 0.15) is 26.3 Å². The Bertz CT molecular complexity index is 498. The number of nitrogen functional groups attached to an aromatic ring is 1. The Hall–Kier alpha value is -1.64. The third kappa shape index (κ3) is 1.77. The third-order valence-corrected chi connectivity index (χ3v) is 2.56. The first-order valence-electron chi connectivity index (χ1n) is 5.00. The summed E-state index contributed by atoms with van der Waals surface area (Å²) in [5, 5.41) is 9.71. The Balaban J connectivity index is 2.68. The molecule has 0 fully saturated rings. The van der Waals surface area contributed by atoms with Crippen LogP contribution in [-0.2, 0) is 5.41 Å². The molecule has 0 saturated heterocycles. The van der Waals surface area contributed by atoms with E-state index in [-0.39, 0.29) is 5.41 Å². The van der Waals surface area contributed by atoms with E-state index in [2.05, 4.69) is 43.1 Å². The zero-order valence-corrected chi connectivity index (χ0v) is 9.28. The van der Waals surface area contributed by atoms with Crippen molar-refractivity contribution in [2.75, 3.05) is 5.73 Å². The number of aromatic nitrogens is 2.